The van der Waals surface area contributed by atoms with Crippen LogP contribution in [0, 0.1) is 5.92 Å². The quantitative estimate of drug-likeness (QED) is 0.781. The van der Waals surface area contributed by atoms with Crippen LogP contribution in [0.2, 0.25) is 0 Å². The normalized spacial score (nSPS) is 21.9. The monoisotopic (exact) mass is 420 g/mol. The predicted octanol–water partition coefficient (Wildman–Crippen LogP) is 2.99. The van der Waals surface area contributed by atoms with Crippen LogP contribution in [0.4, 0.5) is 5.69 Å². The number of anilines is 1. The molecular formula is C26H34N3O2+. The number of hydrogen-bond acceptors (Lipinski definition) is 2. The van der Waals surface area contributed by atoms with Crippen LogP contribution in [0.15, 0.2) is 54.6 Å². The van der Waals surface area contributed by atoms with E-state index in [9.17, 15) is 9.59 Å². The molecule has 164 valence electrons. The van der Waals surface area contributed by atoms with E-state index in [1.54, 1.807) is 0 Å². The fourth-order valence-corrected chi connectivity index (χ4v) is 4.81. The van der Waals surface area contributed by atoms with Crippen molar-refractivity contribution in [3.63, 3.8) is 0 Å². The van der Waals surface area contributed by atoms with E-state index >= 15 is 0 Å². The lowest BCUT2D eigenvalue weighted by Gasteiger charge is -2.31. The highest BCUT2D eigenvalue weighted by molar-refractivity contribution is 5.91. The van der Waals surface area contributed by atoms with Crippen molar-refractivity contribution in [1.29, 1.82) is 0 Å². The first kappa shape index (κ1) is 21.6. The SMILES string of the molecule is O=C(C[NH+]1CCC(C(=O)N2CCCCCC2)CC1)Nc1ccc(-c2ccccc2)cc1. The smallest absolute Gasteiger partial charge is 0.279 e. The maximum atomic E-state index is 12.8. The van der Waals surface area contributed by atoms with E-state index in [4.69, 9.17) is 0 Å². The average molecular weight is 421 g/mol. The third-order valence-electron chi connectivity index (χ3n) is 6.65. The molecule has 5 nitrogen and oxygen atoms in total. The second-order valence-electron chi connectivity index (χ2n) is 8.93. The number of carbonyl (C=O) groups excluding carboxylic acids is 2. The van der Waals surface area contributed by atoms with Crippen molar-refractivity contribution in [3.05, 3.63) is 54.6 Å². The first-order valence-corrected chi connectivity index (χ1v) is 11.8. The molecule has 0 aromatic heterocycles. The van der Waals surface area contributed by atoms with Crippen LogP contribution in [0.3, 0.4) is 0 Å². The molecule has 2 saturated heterocycles. The maximum Gasteiger partial charge on any atom is 0.279 e. The molecular weight excluding hydrogens is 386 g/mol. The topological polar surface area (TPSA) is 53.9 Å². The molecule has 2 aromatic carbocycles. The van der Waals surface area contributed by atoms with E-state index in [2.05, 4.69) is 22.3 Å². The molecule has 0 aliphatic carbocycles. The molecule has 0 saturated carbocycles. The Morgan fingerprint density at radius 3 is 2.10 bits per heavy atom. The molecule has 0 bridgehead atoms. The Bertz CT molecular complexity index is 850. The lowest BCUT2D eigenvalue weighted by Crippen LogP contribution is -3.14. The molecule has 31 heavy (non-hydrogen) atoms. The number of quaternary nitrogens is 1. The molecule has 2 N–H and O–H groups in total. The standard InChI is InChI=1S/C26H33N3O2/c30-25(27-24-12-10-22(11-13-24)21-8-4-3-5-9-21)20-28-18-14-23(15-19-28)26(31)29-16-6-1-2-7-17-29/h3-5,8-13,23H,1-2,6-7,14-20H2,(H,27,30)/p+1. The summed E-state index contributed by atoms with van der Waals surface area (Å²) in [4.78, 5) is 28.7. The number of piperidine rings is 1. The minimum absolute atomic E-state index is 0.0414. The molecule has 2 aromatic rings. The van der Waals surface area contributed by atoms with Crippen LogP contribution in [0.25, 0.3) is 11.1 Å². The number of nitrogens with one attached hydrogen (secondary N) is 2. The molecule has 0 unspecified atom stereocenters. The summed E-state index contributed by atoms with van der Waals surface area (Å²) in [7, 11) is 0. The molecule has 2 aliphatic rings. The molecule has 4 rings (SSSR count). The van der Waals surface area contributed by atoms with Gasteiger partial charge in [-0.3, -0.25) is 9.59 Å². The summed E-state index contributed by atoms with van der Waals surface area (Å²) in [6.07, 6.45) is 6.56. The number of likely N-dealkylation sites (tertiary alicyclic amines) is 2. The van der Waals surface area contributed by atoms with Crippen molar-refractivity contribution in [1.82, 2.24) is 4.90 Å². The van der Waals surface area contributed by atoms with E-state index in [1.807, 2.05) is 42.5 Å². The van der Waals surface area contributed by atoms with Gasteiger partial charge in [0.1, 0.15) is 0 Å². The second-order valence-corrected chi connectivity index (χ2v) is 8.93. The molecule has 0 spiro atoms. The fourth-order valence-electron chi connectivity index (χ4n) is 4.81. The van der Waals surface area contributed by atoms with Gasteiger partial charge in [-0.1, -0.05) is 55.3 Å². The van der Waals surface area contributed by atoms with E-state index in [-0.39, 0.29) is 11.8 Å². The largest absolute Gasteiger partial charge is 0.342 e. The van der Waals surface area contributed by atoms with Gasteiger partial charge in [0.15, 0.2) is 6.54 Å². The first-order valence-electron chi connectivity index (χ1n) is 11.8. The Balaban J connectivity index is 1.22. The Hall–Kier alpha value is -2.66. The number of rotatable bonds is 5. The van der Waals surface area contributed by atoms with E-state index in [1.165, 1.54) is 23.3 Å². The van der Waals surface area contributed by atoms with Crippen molar-refractivity contribution in [2.24, 2.45) is 5.92 Å². The van der Waals surface area contributed by atoms with Crippen molar-refractivity contribution < 1.29 is 14.5 Å². The van der Waals surface area contributed by atoms with Crippen LogP contribution >= 0.6 is 0 Å². The molecule has 2 fully saturated rings. The Labute approximate surface area is 185 Å². The van der Waals surface area contributed by atoms with Gasteiger partial charge >= 0.3 is 0 Å². The highest BCUT2D eigenvalue weighted by atomic mass is 16.2. The molecule has 5 heteroatoms. The number of amides is 2. The second kappa shape index (κ2) is 10.6. The van der Waals surface area contributed by atoms with Crippen LogP contribution in [0.1, 0.15) is 38.5 Å². The minimum Gasteiger partial charge on any atom is -0.342 e. The van der Waals surface area contributed by atoms with Gasteiger partial charge < -0.3 is 15.1 Å². The fraction of sp³-hybridized carbons (Fsp3) is 0.462. The summed E-state index contributed by atoms with van der Waals surface area (Å²) in [5, 5.41) is 3.03. The Kier molecular flexibility index (Phi) is 7.36. The number of benzene rings is 2. The Morgan fingerprint density at radius 1 is 0.839 bits per heavy atom. The highest BCUT2D eigenvalue weighted by Crippen LogP contribution is 2.21. The van der Waals surface area contributed by atoms with Crippen molar-refractivity contribution >= 4 is 17.5 Å². The van der Waals surface area contributed by atoms with Gasteiger partial charge in [-0.25, -0.2) is 0 Å². The van der Waals surface area contributed by atoms with Crippen LogP contribution < -0.4 is 10.2 Å². The van der Waals surface area contributed by atoms with E-state index in [0.29, 0.717) is 12.5 Å². The molecule has 2 aliphatic heterocycles. The van der Waals surface area contributed by atoms with Crippen molar-refractivity contribution in [2.45, 2.75) is 38.5 Å². The number of hydrogen-bond donors (Lipinski definition) is 2. The van der Waals surface area contributed by atoms with Gasteiger partial charge in [0.2, 0.25) is 5.91 Å². The third kappa shape index (κ3) is 5.95. The van der Waals surface area contributed by atoms with Gasteiger partial charge in [-0.2, -0.15) is 0 Å². The minimum atomic E-state index is 0.0414. The maximum absolute atomic E-state index is 12.8. The summed E-state index contributed by atoms with van der Waals surface area (Å²) in [6.45, 7) is 4.11. The Morgan fingerprint density at radius 2 is 1.45 bits per heavy atom. The van der Waals surface area contributed by atoms with Crippen molar-refractivity contribution in [2.75, 3.05) is 38.0 Å². The highest BCUT2D eigenvalue weighted by Gasteiger charge is 2.31. The zero-order chi connectivity index (χ0) is 21.5. The van der Waals surface area contributed by atoms with E-state index < -0.39 is 0 Å². The van der Waals surface area contributed by atoms with Crippen LogP contribution in [-0.4, -0.2) is 49.4 Å². The number of carbonyl (C=O) groups is 2. The summed E-state index contributed by atoms with van der Waals surface area (Å²) < 4.78 is 0. The molecule has 0 radical (unpaired) electrons. The number of nitrogens with zero attached hydrogens (tertiary/aromatic N) is 1. The van der Waals surface area contributed by atoms with E-state index in [0.717, 1.165) is 63.1 Å². The first-order chi connectivity index (χ1) is 15.2. The summed E-state index contributed by atoms with van der Waals surface area (Å²) in [6, 6.07) is 18.2. The van der Waals surface area contributed by atoms with Crippen molar-refractivity contribution in [3.8, 4) is 11.1 Å². The summed E-state index contributed by atoms with van der Waals surface area (Å²) >= 11 is 0. The molecule has 2 amide bonds. The van der Waals surface area contributed by atoms with Crippen LogP contribution in [0.5, 0.6) is 0 Å². The van der Waals surface area contributed by atoms with Gasteiger partial charge in [0.05, 0.1) is 13.1 Å². The zero-order valence-electron chi connectivity index (χ0n) is 18.3. The zero-order valence-corrected chi connectivity index (χ0v) is 18.3. The van der Waals surface area contributed by atoms with Gasteiger partial charge in [-0.15, -0.1) is 0 Å². The average Bonchev–Trinajstić information content (AvgIpc) is 3.10. The molecule has 0 atom stereocenters. The summed E-state index contributed by atoms with van der Waals surface area (Å²) in [5.74, 6) is 0.541. The predicted molar refractivity (Wildman–Crippen MR) is 124 cm³/mol. The lowest BCUT2D eigenvalue weighted by atomic mass is 9.95. The van der Waals surface area contributed by atoms with Gasteiger partial charge in [-0.05, 0) is 36.1 Å². The molecule has 2 heterocycles. The summed E-state index contributed by atoms with van der Waals surface area (Å²) in [5.41, 5.74) is 3.14. The van der Waals surface area contributed by atoms with Crippen LogP contribution in [-0.2, 0) is 9.59 Å². The third-order valence-corrected chi connectivity index (χ3v) is 6.65. The van der Waals surface area contributed by atoms with Gasteiger partial charge in [0.25, 0.3) is 5.91 Å². The lowest BCUT2D eigenvalue weighted by molar-refractivity contribution is -0.897. The van der Waals surface area contributed by atoms with Gasteiger partial charge in [0, 0.05) is 37.5 Å².